The molecule has 0 aromatic carbocycles. The summed E-state index contributed by atoms with van der Waals surface area (Å²) in [5.41, 5.74) is -1.94. The van der Waals surface area contributed by atoms with E-state index in [1.54, 1.807) is 26.8 Å². The average molecular weight is 126 g/mol. The lowest BCUT2D eigenvalue weighted by Crippen LogP contribution is -2.50. The minimum absolute atomic E-state index is 0.470. The molecule has 0 fully saturated rings. The Kier molecular flexibility index (Phi) is 1.88. The van der Waals surface area contributed by atoms with Gasteiger partial charge in [-0.3, -0.25) is 0 Å². The zero-order valence-electron chi connectivity index (χ0n) is 6.36. The lowest BCUT2D eigenvalue weighted by molar-refractivity contribution is -0.474. The summed E-state index contributed by atoms with van der Waals surface area (Å²) in [6.45, 7) is 6.71. The van der Waals surface area contributed by atoms with Gasteiger partial charge < -0.3 is 5.11 Å². The molecule has 0 N–H and O–H groups in total. The van der Waals surface area contributed by atoms with Crippen LogP contribution in [0.25, 0.3) is 0 Å². The first-order valence-corrected chi connectivity index (χ1v) is 2.93. The van der Waals surface area contributed by atoms with Crippen molar-refractivity contribution in [1.29, 1.82) is 5.26 Å². The van der Waals surface area contributed by atoms with E-state index >= 15 is 0 Å². The molecule has 0 saturated carbocycles. The van der Waals surface area contributed by atoms with E-state index in [9.17, 15) is 5.11 Å². The SMILES string of the molecule is CC(C)(C)[C@@](C)([O-])C#N. The van der Waals surface area contributed by atoms with Crippen LogP contribution in [0.2, 0.25) is 0 Å². The largest absolute Gasteiger partial charge is 0.838 e. The Morgan fingerprint density at radius 2 is 1.56 bits per heavy atom. The third-order valence-corrected chi connectivity index (χ3v) is 1.64. The molecule has 0 spiro atoms. The second-order valence-electron chi connectivity index (χ2n) is 3.40. The summed E-state index contributed by atoms with van der Waals surface area (Å²) in [6, 6.07) is 1.73. The van der Waals surface area contributed by atoms with Crippen LogP contribution in [0.5, 0.6) is 0 Å². The van der Waals surface area contributed by atoms with E-state index in [1.165, 1.54) is 6.92 Å². The second kappa shape index (κ2) is 2.00. The predicted octanol–water partition coefficient (Wildman–Crippen LogP) is 0.675. The first-order valence-electron chi connectivity index (χ1n) is 2.93. The maximum absolute atomic E-state index is 11.1. The van der Waals surface area contributed by atoms with Gasteiger partial charge in [0.15, 0.2) is 0 Å². The zero-order chi connectivity index (χ0) is 7.71. The number of nitriles is 1. The molecule has 0 saturated heterocycles. The Morgan fingerprint density at radius 1 is 1.22 bits per heavy atom. The summed E-state index contributed by atoms with van der Waals surface area (Å²) in [7, 11) is 0. The van der Waals surface area contributed by atoms with E-state index in [1.807, 2.05) is 0 Å². The van der Waals surface area contributed by atoms with Crippen LogP contribution in [0.3, 0.4) is 0 Å². The third-order valence-electron chi connectivity index (χ3n) is 1.64. The van der Waals surface area contributed by atoms with Crippen molar-refractivity contribution in [3.05, 3.63) is 0 Å². The Hall–Kier alpha value is -0.550. The number of hydrogen-bond donors (Lipinski definition) is 0. The zero-order valence-corrected chi connectivity index (χ0v) is 6.36. The summed E-state index contributed by atoms with van der Waals surface area (Å²) >= 11 is 0. The quantitative estimate of drug-likeness (QED) is 0.479. The van der Waals surface area contributed by atoms with Crippen molar-refractivity contribution in [2.24, 2.45) is 5.41 Å². The Morgan fingerprint density at radius 3 is 1.56 bits per heavy atom. The highest BCUT2D eigenvalue weighted by Crippen LogP contribution is 2.25. The Bertz CT molecular complexity index is 136. The third kappa shape index (κ3) is 1.69. The van der Waals surface area contributed by atoms with Crippen molar-refractivity contribution in [1.82, 2.24) is 0 Å². The lowest BCUT2D eigenvalue weighted by Gasteiger charge is -2.41. The van der Waals surface area contributed by atoms with Crippen molar-refractivity contribution in [2.75, 3.05) is 0 Å². The van der Waals surface area contributed by atoms with Crippen molar-refractivity contribution < 1.29 is 5.11 Å². The second-order valence-corrected chi connectivity index (χ2v) is 3.40. The van der Waals surface area contributed by atoms with E-state index < -0.39 is 11.0 Å². The van der Waals surface area contributed by atoms with Gasteiger partial charge in [-0.25, -0.2) is 0 Å². The minimum Gasteiger partial charge on any atom is -0.838 e. The summed E-state index contributed by atoms with van der Waals surface area (Å²) in [4.78, 5) is 0. The summed E-state index contributed by atoms with van der Waals surface area (Å²) in [5, 5.41) is 19.5. The van der Waals surface area contributed by atoms with Gasteiger partial charge in [0.2, 0.25) is 0 Å². The summed E-state index contributed by atoms with van der Waals surface area (Å²) in [5.74, 6) is 0. The fraction of sp³-hybridized carbons (Fsp3) is 0.857. The Labute approximate surface area is 56.1 Å². The smallest absolute Gasteiger partial charge is 0.0512 e. The summed E-state index contributed by atoms with van der Waals surface area (Å²) in [6.07, 6.45) is 0. The first kappa shape index (κ1) is 8.45. The van der Waals surface area contributed by atoms with Crippen molar-refractivity contribution in [3.8, 4) is 6.07 Å². The minimum atomic E-state index is -1.47. The molecule has 0 rings (SSSR count). The molecular formula is C7H12NO-. The normalized spacial score (nSPS) is 18.2. The van der Waals surface area contributed by atoms with E-state index in [0.717, 1.165) is 0 Å². The lowest BCUT2D eigenvalue weighted by atomic mass is 9.79. The highest BCUT2D eigenvalue weighted by atomic mass is 16.3. The molecule has 1 atom stereocenters. The maximum Gasteiger partial charge on any atom is 0.0512 e. The number of hydrogen-bond acceptors (Lipinski definition) is 2. The van der Waals surface area contributed by atoms with Crippen LogP contribution in [0.4, 0.5) is 0 Å². The van der Waals surface area contributed by atoms with Crippen LogP contribution in [0.1, 0.15) is 27.7 Å². The van der Waals surface area contributed by atoms with Crippen LogP contribution in [-0.4, -0.2) is 5.60 Å². The molecule has 2 heteroatoms. The van der Waals surface area contributed by atoms with Gasteiger partial charge in [-0.05, 0) is 11.0 Å². The molecule has 0 unspecified atom stereocenters. The molecule has 0 amide bonds. The molecule has 0 aromatic heterocycles. The van der Waals surface area contributed by atoms with Crippen LogP contribution >= 0.6 is 0 Å². The highest BCUT2D eigenvalue weighted by Gasteiger charge is 2.25. The van der Waals surface area contributed by atoms with Crippen LogP contribution in [0, 0.1) is 16.7 Å². The van der Waals surface area contributed by atoms with E-state index in [4.69, 9.17) is 5.26 Å². The maximum atomic E-state index is 11.1. The molecule has 0 heterocycles. The predicted molar refractivity (Wildman–Crippen MR) is 33.5 cm³/mol. The molecule has 0 bridgehead atoms. The van der Waals surface area contributed by atoms with E-state index in [0.29, 0.717) is 0 Å². The van der Waals surface area contributed by atoms with Crippen molar-refractivity contribution in [2.45, 2.75) is 33.3 Å². The van der Waals surface area contributed by atoms with E-state index in [2.05, 4.69) is 0 Å². The summed E-state index contributed by atoms with van der Waals surface area (Å²) < 4.78 is 0. The molecule has 52 valence electrons. The van der Waals surface area contributed by atoms with Gasteiger partial charge in [0.25, 0.3) is 0 Å². The van der Waals surface area contributed by atoms with Crippen LogP contribution in [-0.2, 0) is 0 Å². The van der Waals surface area contributed by atoms with Crippen LogP contribution in [0.15, 0.2) is 0 Å². The fourth-order valence-corrected chi connectivity index (χ4v) is 0.168. The van der Waals surface area contributed by atoms with Gasteiger partial charge in [0.1, 0.15) is 0 Å². The van der Waals surface area contributed by atoms with Gasteiger partial charge in [-0.2, -0.15) is 5.26 Å². The van der Waals surface area contributed by atoms with E-state index in [-0.39, 0.29) is 0 Å². The average Bonchev–Trinajstić information content (AvgIpc) is 1.64. The molecule has 0 aliphatic rings. The molecule has 2 nitrogen and oxygen atoms in total. The molecule has 0 radical (unpaired) electrons. The van der Waals surface area contributed by atoms with Crippen LogP contribution < -0.4 is 5.11 Å². The molecule has 0 aliphatic carbocycles. The van der Waals surface area contributed by atoms with Crippen molar-refractivity contribution >= 4 is 0 Å². The van der Waals surface area contributed by atoms with Gasteiger partial charge >= 0.3 is 0 Å². The molecule has 0 aromatic rings. The monoisotopic (exact) mass is 126 g/mol. The topological polar surface area (TPSA) is 46.8 Å². The fourth-order valence-electron chi connectivity index (χ4n) is 0.168. The number of rotatable bonds is 0. The van der Waals surface area contributed by atoms with Gasteiger partial charge in [0.05, 0.1) is 6.07 Å². The molecular weight excluding hydrogens is 114 g/mol. The standard InChI is InChI=1S/C7H12NO/c1-6(2,3)7(4,9)5-8/h1-4H3/q-1/t7-/m0/s1. The molecule has 0 aliphatic heterocycles. The van der Waals surface area contributed by atoms with Gasteiger partial charge in [-0.1, -0.05) is 27.7 Å². The van der Waals surface area contributed by atoms with Crippen molar-refractivity contribution in [3.63, 3.8) is 0 Å². The Balaban J connectivity index is 4.39. The highest BCUT2D eigenvalue weighted by molar-refractivity contribution is 5.02. The first-order chi connectivity index (χ1) is 3.81. The number of nitrogens with zero attached hydrogens (tertiary/aromatic N) is 1. The van der Waals surface area contributed by atoms with Gasteiger partial charge in [-0.15, -0.1) is 0 Å². The molecule has 9 heavy (non-hydrogen) atoms. The van der Waals surface area contributed by atoms with Gasteiger partial charge in [0, 0.05) is 0 Å².